The number of carbonyl (C=O) groups excluding carboxylic acids is 1. The van der Waals surface area contributed by atoms with Gasteiger partial charge in [0.15, 0.2) is 6.10 Å². The third-order valence-electron chi connectivity index (χ3n) is 7.48. The van der Waals surface area contributed by atoms with Gasteiger partial charge in [0, 0.05) is 6.54 Å². The molecule has 1 atom stereocenters. The van der Waals surface area contributed by atoms with Crippen molar-refractivity contribution in [3.8, 4) is 0 Å². The molecule has 0 spiro atoms. The summed E-state index contributed by atoms with van der Waals surface area (Å²) in [6.45, 7) is 6.12. The van der Waals surface area contributed by atoms with Crippen LogP contribution in [0, 0.1) is 0 Å². The highest BCUT2D eigenvalue weighted by atomic mass is 19.4. The molecule has 198 valence electrons. The highest BCUT2D eigenvalue weighted by molar-refractivity contribution is 5.82. The molecule has 0 radical (unpaired) electrons. The normalized spacial score (nSPS) is 17.3. The van der Waals surface area contributed by atoms with Crippen LogP contribution in [-0.2, 0) is 29.4 Å². The van der Waals surface area contributed by atoms with Gasteiger partial charge in [0.2, 0.25) is 0 Å². The summed E-state index contributed by atoms with van der Waals surface area (Å²) in [5.41, 5.74) is 2.17. The second-order valence-corrected chi connectivity index (χ2v) is 10.2. The maximum absolute atomic E-state index is 13.2. The number of H-pyrrole nitrogens is 1. The monoisotopic (exact) mass is 523 g/mol. The van der Waals surface area contributed by atoms with Crippen molar-refractivity contribution < 1.29 is 23.1 Å². The van der Waals surface area contributed by atoms with E-state index in [1.54, 1.807) is 0 Å². The van der Waals surface area contributed by atoms with E-state index in [4.69, 9.17) is 4.98 Å². The van der Waals surface area contributed by atoms with E-state index >= 15 is 0 Å². The highest BCUT2D eigenvalue weighted by Crippen LogP contribution is 2.52. The average Bonchev–Trinajstić information content (AvgIpc) is 3.72. The van der Waals surface area contributed by atoms with Gasteiger partial charge in [0.25, 0.3) is 11.5 Å². The summed E-state index contributed by atoms with van der Waals surface area (Å²) >= 11 is 0. The second kappa shape index (κ2) is 9.54. The molecule has 1 unspecified atom stereocenters. The van der Waals surface area contributed by atoms with Crippen LogP contribution in [-0.4, -0.2) is 32.4 Å². The molecule has 1 fully saturated rings. The van der Waals surface area contributed by atoms with E-state index in [0.717, 1.165) is 47.7 Å². The van der Waals surface area contributed by atoms with Crippen LogP contribution < -0.4 is 5.56 Å². The molecule has 3 aromatic rings. The maximum Gasteiger partial charge on any atom is 0.416 e. The van der Waals surface area contributed by atoms with Crippen LogP contribution in [0.25, 0.3) is 5.57 Å². The number of nitrogens with zero attached hydrogens (tertiary/aromatic N) is 2. The minimum absolute atomic E-state index is 0.0784. The summed E-state index contributed by atoms with van der Waals surface area (Å²) in [5.74, 6) is -0.153. The number of aliphatic hydroxyl groups excluding tert-OH is 1. The van der Waals surface area contributed by atoms with E-state index in [2.05, 4.69) is 17.6 Å². The Morgan fingerprint density at radius 2 is 1.92 bits per heavy atom. The number of carbonyl (C=O) groups is 1. The van der Waals surface area contributed by atoms with Crippen molar-refractivity contribution in [3.63, 3.8) is 0 Å². The first-order chi connectivity index (χ1) is 18.0. The standard InChI is InChI=1S/C29H28F3N3O3/c1-17(2)18-6-3-8-20(14-18)28(11-12-28)27-33-23-10-5-13-35(16-22(23)25(37)34-27)26(38)24(36)19-7-4-9-21(15-19)29(30,31)32/h3-4,6-9,14-15,24,36H,1,5,10-13,16H2,2H3,(H,33,34,37). The Labute approximate surface area is 217 Å². The van der Waals surface area contributed by atoms with Crippen LogP contribution in [0.1, 0.15) is 71.6 Å². The predicted molar refractivity (Wildman–Crippen MR) is 136 cm³/mol. The Morgan fingerprint density at radius 1 is 1.18 bits per heavy atom. The number of aromatic nitrogens is 2. The molecule has 1 aromatic heterocycles. The minimum Gasteiger partial charge on any atom is -0.378 e. The molecule has 2 N–H and O–H groups in total. The van der Waals surface area contributed by atoms with Crippen molar-refractivity contribution >= 4 is 11.5 Å². The number of nitrogens with one attached hydrogen (secondary N) is 1. The number of aromatic amines is 1. The molecule has 2 aliphatic rings. The van der Waals surface area contributed by atoms with Crippen molar-refractivity contribution in [3.05, 3.63) is 105 Å². The predicted octanol–water partition coefficient (Wildman–Crippen LogP) is 4.91. The molecule has 1 aliphatic carbocycles. The van der Waals surface area contributed by atoms with Gasteiger partial charge in [0.1, 0.15) is 5.82 Å². The number of allylic oxidation sites excluding steroid dienone is 1. The average molecular weight is 524 g/mol. The lowest BCUT2D eigenvalue weighted by Crippen LogP contribution is -2.36. The summed E-state index contributed by atoms with van der Waals surface area (Å²) in [4.78, 5) is 35.5. The molecule has 1 amide bonds. The van der Waals surface area contributed by atoms with Gasteiger partial charge in [-0.1, -0.05) is 48.6 Å². The Hall–Kier alpha value is -3.72. The third kappa shape index (κ3) is 4.78. The zero-order chi connectivity index (χ0) is 27.2. The van der Waals surface area contributed by atoms with Crippen molar-refractivity contribution in [2.45, 2.75) is 56.8 Å². The lowest BCUT2D eigenvalue weighted by Gasteiger charge is -2.24. The molecular formula is C29H28F3N3O3. The minimum atomic E-state index is -4.60. The van der Waals surface area contributed by atoms with Gasteiger partial charge in [-0.05, 0) is 61.4 Å². The van der Waals surface area contributed by atoms with Crippen LogP contribution >= 0.6 is 0 Å². The van der Waals surface area contributed by atoms with Gasteiger partial charge in [-0.15, -0.1) is 0 Å². The molecule has 9 heteroatoms. The van der Waals surface area contributed by atoms with Crippen LogP contribution in [0.15, 0.2) is 59.9 Å². The fourth-order valence-electron chi connectivity index (χ4n) is 5.11. The Bertz CT molecular complexity index is 1470. The molecule has 1 saturated carbocycles. The Balaban J connectivity index is 1.41. The van der Waals surface area contributed by atoms with E-state index < -0.39 is 23.8 Å². The Kier molecular flexibility index (Phi) is 6.51. The molecule has 0 saturated heterocycles. The number of alkyl halides is 3. The van der Waals surface area contributed by atoms with Gasteiger partial charge < -0.3 is 15.0 Å². The fraction of sp³-hybridized carbons (Fsp3) is 0.345. The number of benzene rings is 2. The smallest absolute Gasteiger partial charge is 0.378 e. The first kappa shape index (κ1) is 25.9. The maximum atomic E-state index is 13.2. The van der Waals surface area contributed by atoms with E-state index in [9.17, 15) is 27.9 Å². The van der Waals surface area contributed by atoms with Gasteiger partial charge in [-0.25, -0.2) is 4.98 Å². The van der Waals surface area contributed by atoms with E-state index in [0.29, 0.717) is 29.9 Å². The summed E-state index contributed by atoms with van der Waals surface area (Å²) in [5, 5.41) is 10.6. The van der Waals surface area contributed by atoms with Crippen LogP contribution in [0.3, 0.4) is 0 Å². The fourth-order valence-corrected chi connectivity index (χ4v) is 5.11. The van der Waals surface area contributed by atoms with E-state index in [1.807, 2.05) is 25.1 Å². The first-order valence-corrected chi connectivity index (χ1v) is 12.5. The molecule has 6 nitrogen and oxygen atoms in total. The number of aryl methyl sites for hydroxylation is 1. The van der Waals surface area contributed by atoms with Gasteiger partial charge in [-0.2, -0.15) is 13.2 Å². The van der Waals surface area contributed by atoms with Crippen molar-refractivity contribution in [1.29, 1.82) is 0 Å². The zero-order valence-corrected chi connectivity index (χ0v) is 20.9. The topological polar surface area (TPSA) is 86.3 Å². The summed E-state index contributed by atoms with van der Waals surface area (Å²) in [7, 11) is 0. The summed E-state index contributed by atoms with van der Waals surface area (Å²) in [6.07, 6.45) is -3.70. The summed E-state index contributed by atoms with van der Waals surface area (Å²) < 4.78 is 39.3. The molecule has 2 heterocycles. The number of aliphatic hydroxyl groups is 1. The van der Waals surface area contributed by atoms with Gasteiger partial charge in [0.05, 0.1) is 28.8 Å². The number of halogens is 3. The quantitative estimate of drug-likeness (QED) is 0.498. The number of hydrogen-bond acceptors (Lipinski definition) is 4. The van der Waals surface area contributed by atoms with Crippen molar-refractivity contribution in [2.75, 3.05) is 6.54 Å². The highest BCUT2D eigenvalue weighted by Gasteiger charge is 2.49. The van der Waals surface area contributed by atoms with Crippen LogP contribution in [0.2, 0.25) is 0 Å². The largest absolute Gasteiger partial charge is 0.416 e. The first-order valence-electron chi connectivity index (χ1n) is 12.5. The van der Waals surface area contributed by atoms with Gasteiger partial charge in [-0.3, -0.25) is 9.59 Å². The SMILES string of the molecule is C=C(C)c1cccc(C2(c3nc4c(c(=O)[nH]3)CN(C(=O)C(O)c3cccc(C(F)(F)F)c3)CCC4)CC2)c1. The van der Waals surface area contributed by atoms with Crippen molar-refractivity contribution in [1.82, 2.24) is 14.9 Å². The molecule has 5 rings (SSSR count). The van der Waals surface area contributed by atoms with Crippen LogP contribution in [0.4, 0.5) is 13.2 Å². The zero-order valence-electron chi connectivity index (χ0n) is 20.9. The molecule has 38 heavy (non-hydrogen) atoms. The van der Waals surface area contributed by atoms with Crippen LogP contribution in [0.5, 0.6) is 0 Å². The number of rotatable bonds is 5. The van der Waals surface area contributed by atoms with Crippen molar-refractivity contribution in [2.24, 2.45) is 0 Å². The molecular weight excluding hydrogens is 495 g/mol. The van der Waals surface area contributed by atoms with Gasteiger partial charge >= 0.3 is 6.18 Å². The van der Waals surface area contributed by atoms with E-state index in [-0.39, 0.29) is 29.6 Å². The molecule has 0 bridgehead atoms. The molecule has 1 aliphatic heterocycles. The van der Waals surface area contributed by atoms with E-state index in [1.165, 1.54) is 11.0 Å². The number of amides is 1. The molecule has 2 aromatic carbocycles. The third-order valence-corrected chi connectivity index (χ3v) is 7.48. The number of hydrogen-bond donors (Lipinski definition) is 2. The Morgan fingerprint density at radius 3 is 2.61 bits per heavy atom. The summed E-state index contributed by atoms with van der Waals surface area (Å²) in [6, 6.07) is 12.2. The number of fused-ring (bicyclic) bond motifs is 1. The lowest BCUT2D eigenvalue weighted by atomic mass is 9.92. The second-order valence-electron chi connectivity index (χ2n) is 10.2. The lowest BCUT2D eigenvalue weighted by molar-refractivity contribution is -0.142.